The van der Waals surface area contributed by atoms with Crippen molar-refractivity contribution < 1.29 is 19.4 Å². The van der Waals surface area contributed by atoms with E-state index in [1.54, 1.807) is 39.9 Å². The SMILES string of the molecule is O=C1COC(COc2cccc3ccnn23)CN1c1ccc(O)cc1. The molecule has 128 valence electrons. The van der Waals surface area contributed by atoms with E-state index in [9.17, 15) is 9.90 Å². The number of aromatic hydroxyl groups is 1. The number of hydrogen-bond donors (Lipinski definition) is 1. The van der Waals surface area contributed by atoms with Gasteiger partial charge in [0, 0.05) is 11.8 Å². The molecule has 1 saturated heterocycles. The Morgan fingerprint density at radius 3 is 2.88 bits per heavy atom. The number of benzene rings is 1. The number of phenolic OH excluding ortho intramolecular Hbond substituents is 1. The van der Waals surface area contributed by atoms with Gasteiger partial charge in [0.1, 0.15) is 25.1 Å². The molecule has 25 heavy (non-hydrogen) atoms. The lowest BCUT2D eigenvalue weighted by atomic mass is 10.2. The topological polar surface area (TPSA) is 76.3 Å². The number of carbonyl (C=O) groups excluding carboxylic acids is 1. The first-order valence-corrected chi connectivity index (χ1v) is 7.97. The third kappa shape index (κ3) is 3.14. The van der Waals surface area contributed by atoms with E-state index >= 15 is 0 Å². The standard InChI is InChI=1S/C18H17N3O4/c22-15-6-4-13(5-7-15)20-10-16(24-12-17(20)23)11-25-18-3-1-2-14-8-9-19-21(14)18/h1-9,16,22H,10-12H2. The molecule has 1 amide bonds. The number of ether oxygens (including phenoxy) is 2. The monoisotopic (exact) mass is 339 g/mol. The van der Waals surface area contributed by atoms with E-state index in [1.165, 1.54) is 0 Å². The molecule has 3 heterocycles. The minimum atomic E-state index is -0.252. The van der Waals surface area contributed by atoms with Crippen LogP contribution in [0.4, 0.5) is 5.69 Å². The summed E-state index contributed by atoms with van der Waals surface area (Å²) in [4.78, 5) is 13.8. The minimum absolute atomic E-state index is 0.000866. The van der Waals surface area contributed by atoms with Crippen LogP contribution in [0.2, 0.25) is 0 Å². The minimum Gasteiger partial charge on any atom is -0.508 e. The lowest BCUT2D eigenvalue weighted by Crippen LogP contribution is -2.48. The molecule has 1 aliphatic rings. The molecule has 4 rings (SSSR count). The third-order valence-electron chi connectivity index (χ3n) is 4.09. The molecule has 0 saturated carbocycles. The summed E-state index contributed by atoms with van der Waals surface area (Å²) in [5.41, 5.74) is 1.67. The largest absolute Gasteiger partial charge is 0.508 e. The Morgan fingerprint density at radius 2 is 2.04 bits per heavy atom. The van der Waals surface area contributed by atoms with Gasteiger partial charge in [-0.05, 0) is 36.4 Å². The van der Waals surface area contributed by atoms with E-state index in [0.29, 0.717) is 19.0 Å². The van der Waals surface area contributed by atoms with Crippen LogP contribution in [0, 0.1) is 0 Å². The van der Waals surface area contributed by atoms with Gasteiger partial charge in [0.2, 0.25) is 5.88 Å². The molecule has 2 aromatic heterocycles. The number of anilines is 1. The lowest BCUT2D eigenvalue weighted by Gasteiger charge is -2.32. The lowest BCUT2D eigenvalue weighted by molar-refractivity contribution is -0.130. The molecule has 7 heteroatoms. The molecule has 0 radical (unpaired) electrons. The van der Waals surface area contributed by atoms with Crippen molar-refractivity contribution in [3.05, 3.63) is 54.7 Å². The first kappa shape index (κ1) is 15.5. The van der Waals surface area contributed by atoms with Gasteiger partial charge < -0.3 is 19.5 Å². The van der Waals surface area contributed by atoms with E-state index in [1.807, 2.05) is 24.3 Å². The molecule has 0 aliphatic carbocycles. The Bertz CT molecular complexity index is 891. The fourth-order valence-corrected chi connectivity index (χ4v) is 2.82. The quantitative estimate of drug-likeness (QED) is 0.785. The number of morpholine rings is 1. The van der Waals surface area contributed by atoms with Crippen molar-refractivity contribution in [2.45, 2.75) is 6.10 Å². The molecular formula is C18H17N3O4. The highest BCUT2D eigenvalue weighted by Crippen LogP contribution is 2.22. The summed E-state index contributed by atoms with van der Waals surface area (Å²) in [6, 6.07) is 14.1. The van der Waals surface area contributed by atoms with E-state index in [-0.39, 0.29) is 24.4 Å². The average Bonchev–Trinajstić information content (AvgIpc) is 3.11. The molecule has 0 bridgehead atoms. The van der Waals surface area contributed by atoms with Crippen LogP contribution in [0.25, 0.3) is 5.52 Å². The van der Waals surface area contributed by atoms with Gasteiger partial charge in [-0.15, -0.1) is 0 Å². The van der Waals surface area contributed by atoms with E-state index < -0.39 is 0 Å². The Morgan fingerprint density at radius 1 is 1.20 bits per heavy atom. The molecule has 1 aromatic carbocycles. The normalized spacial score (nSPS) is 17.8. The first-order valence-electron chi connectivity index (χ1n) is 7.97. The molecule has 1 unspecified atom stereocenters. The zero-order chi connectivity index (χ0) is 17.2. The highest BCUT2D eigenvalue weighted by Gasteiger charge is 2.28. The third-order valence-corrected chi connectivity index (χ3v) is 4.09. The molecule has 1 fully saturated rings. The van der Waals surface area contributed by atoms with Crippen molar-refractivity contribution in [1.29, 1.82) is 0 Å². The van der Waals surface area contributed by atoms with Crippen LogP contribution < -0.4 is 9.64 Å². The zero-order valence-electron chi connectivity index (χ0n) is 13.4. The van der Waals surface area contributed by atoms with Crippen LogP contribution in [-0.2, 0) is 9.53 Å². The number of carbonyl (C=O) groups is 1. The van der Waals surface area contributed by atoms with Gasteiger partial charge in [0.15, 0.2) is 0 Å². The number of hydrogen-bond acceptors (Lipinski definition) is 5. The van der Waals surface area contributed by atoms with E-state index in [2.05, 4.69) is 5.10 Å². The average molecular weight is 339 g/mol. The van der Waals surface area contributed by atoms with Gasteiger partial charge >= 0.3 is 0 Å². The van der Waals surface area contributed by atoms with E-state index in [0.717, 1.165) is 11.2 Å². The Kier molecular flexibility index (Phi) is 3.99. The zero-order valence-corrected chi connectivity index (χ0v) is 13.4. The van der Waals surface area contributed by atoms with Gasteiger partial charge in [-0.25, -0.2) is 4.52 Å². The van der Waals surface area contributed by atoms with Crippen molar-refractivity contribution in [2.75, 3.05) is 24.7 Å². The summed E-state index contributed by atoms with van der Waals surface area (Å²) in [6.45, 7) is 0.695. The molecule has 0 spiro atoms. The van der Waals surface area contributed by atoms with Crippen LogP contribution in [0.5, 0.6) is 11.6 Å². The predicted molar refractivity (Wildman–Crippen MR) is 90.9 cm³/mol. The Labute approximate surface area is 144 Å². The maximum atomic E-state index is 12.1. The summed E-state index contributed by atoms with van der Waals surface area (Å²) in [6.07, 6.45) is 1.46. The number of pyridine rings is 1. The highest BCUT2D eigenvalue weighted by atomic mass is 16.5. The smallest absolute Gasteiger partial charge is 0.253 e. The number of fused-ring (bicyclic) bond motifs is 1. The Balaban J connectivity index is 1.45. The molecule has 7 nitrogen and oxygen atoms in total. The second-order valence-electron chi connectivity index (χ2n) is 5.80. The highest BCUT2D eigenvalue weighted by molar-refractivity contribution is 5.95. The number of aromatic nitrogens is 2. The van der Waals surface area contributed by atoms with Gasteiger partial charge in [-0.2, -0.15) is 5.10 Å². The summed E-state index contributed by atoms with van der Waals surface area (Å²) in [7, 11) is 0. The molecule has 1 atom stereocenters. The van der Waals surface area contributed by atoms with Crippen LogP contribution in [-0.4, -0.2) is 46.5 Å². The van der Waals surface area contributed by atoms with Gasteiger partial charge in [-0.1, -0.05) is 6.07 Å². The summed E-state index contributed by atoms with van der Waals surface area (Å²) in [5.74, 6) is 0.673. The van der Waals surface area contributed by atoms with Crippen LogP contribution in [0.15, 0.2) is 54.7 Å². The molecule has 1 N–H and O–H groups in total. The fraction of sp³-hybridized carbons (Fsp3) is 0.222. The number of rotatable bonds is 4. The van der Waals surface area contributed by atoms with Gasteiger partial charge in [0.25, 0.3) is 5.91 Å². The van der Waals surface area contributed by atoms with E-state index in [4.69, 9.17) is 9.47 Å². The number of nitrogens with zero attached hydrogens (tertiary/aromatic N) is 3. The predicted octanol–water partition coefficient (Wildman–Crippen LogP) is 1.85. The fourth-order valence-electron chi connectivity index (χ4n) is 2.82. The Hall–Kier alpha value is -3.06. The van der Waals surface area contributed by atoms with Crippen molar-refractivity contribution in [1.82, 2.24) is 9.61 Å². The summed E-state index contributed by atoms with van der Waals surface area (Å²) < 4.78 is 13.2. The van der Waals surface area contributed by atoms with Crippen LogP contribution >= 0.6 is 0 Å². The summed E-state index contributed by atoms with van der Waals surface area (Å²) >= 11 is 0. The van der Waals surface area contributed by atoms with Crippen molar-refractivity contribution in [2.24, 2.45) is 0 Å². The van der Waals surface area contributed by atoms with Gasteiger partial charge in [-0.3, -0.25) is 4.79 Å². The molecule has 1 aliphatic heterocycles. The second kappa shape index (κ2) is 6.45. The second-order valence-corrected chi connectivity index (χ2v) is 5.80. The summed E-state index contributed by atoms with van der Waals surface area (Å²) in [5, 5.41) is 13.6. The number of phenols is 1. The maximum absolute atomic E-state index is 12.1. The first-order chi connectivity index (χ1) is 12.2. The van der Waals surface area contributed by atoms with Crippen LogP contribution in [0.3, 0.4) is 0 Å². The van der Waals surface area contributed by atoms with Crippen molar-refractivity contribution >= 4 is 17.1 Å². The van der Waals surface area contributed by atoms with Gasteiger partial charge in [0.05, 0.1) is 18.3 Å². The molecule has 3 aromatic rings. The van der Waals surface area contributed by atoms with Crippen LogP contribution in [0.1, 0.15) is 0 Å². The van der Waals surface area contributed by atoms with Crippen molar-refractivity contribution in [3.63, 3.8) is 0 Å². The van der Waals surface area contributed by atoms with Crippen molar-refractivity contribution in [3.8, 4) is 11.6 Å². The maximum Gasteiger partial charge on any atom is 0.253 e. The molecular weight excluding hydrogens is 322 g/mol. The number of amides is 1.